The summed E-state index contributed by atoms with van der Waals surface area (Å²) in [6.07, 6.45) is 0.857. The molecule has 0 saturated heterocycles. The molecule has 0 atom stereocenters. The maximum Gasteiger partial charge on any atom is 0.123 e. The zero-order valence-electron chi connectivity index (χ0n) is 11.7. The minimum absolute atomic E-state index is 0.265. The summed E-state index contributed by atoms with van der Waals surface area (Å²) in [4.78, 5) is 4.44. The molecule has 1 nitrogen and oxygen atoms in total. The summed E-state index contributed by atoms with van der Waals surface area (Å²) in [6.45, 7) is 2.75. The number of hydrogen-bond acceptors (Lipinski definition) is 1. The van der Waals surface area contributed by atoms with Gasteiger partial charge in [-0.25, -0.2) is 8.78 Å². The molecule has 21 heavy (non-hydrogen) atoms. The van der Waals surface area contributed by atoms with Gasteiger partial charge in [0.25, 0.3) is 0 Å². The molecule has 0 N–H and O–H groups in total. The van der Waals surface area contributed by atoms with Gasteiger partial charge in [-0.1, -0.05) is 24.3 Å². The van der Waals surface area contributed by atoms with Crippen LogP contribution in [0.5, 0.6) is 0 Å². The van der Waals surface area contributed by atoms with Crippen LogP contribution in [0, 0.1) is 11.6 Å². The molecule has 0 amide bonds. The summed E-state index contributed by atoms with van der Waals surface area (Å²) in [7, 11) is 0. The van der Waals surface area contributed by atoms with Crippen LogP contribution in [0.1, 0.15) is 24.5 Å². The summed E-state index contributed by atoms with van der Waals surface area (Å²) in [5, 5.41) is 0. The van der Waals surface area contributed by atoms with E-state index in [-0.39, 0.29) is 11.6 Å². The molecule has 0 aromatic heterocycles. The van der Waals surface area contributed by atoms with Crippen molar-refractivity contribution < 1.29 is 8.78 Å². The maximum atomic E-state index is 13.2. The van der Waals surface area contributed by atoms with Crippen molar-refractivity contribution in [1.82, 2.24) is 0 Å². The number of aliphatic imine (C=N–C) groups is 1. The Kier molecular flexibility index (Phi) is 3.65. The third-order valence-electron chi connectivity index (χ3n) is 3.72. The highest BCUT2D eigenvalue weighted by Crippen LogP contribution is 2.31. The molecule has 2 aromatic rings. The molecule has 2 aromatic carbocycles. The fourth-order valence-corrected chi connectivity index (χ4v) is 2.67. The van der Waals surface area contributed by atoms with Crippen molar-refractivity contribution in [2.45, 2.75) is 13.3 Å². The van der Waals surface area contributed by atoms with Gasteiger partial charge >= 0.3 is 0 Å². The predicted molar refractivity (Wildman–Crippen MR) is 81.4 cm³/mol. The summed E-state index contributed by atoms with van der Waals surface area (Å²) < 4.78 is 26.3. The molecule has 1 aliphatic heterocycles. The third kappa shape index (κ3) is 2.77. The summed E-state index contributed by atoms with van der Waals surface area (Å²) in [5.41, 5.74) is 5.00. The zero-order valence-corrected chi connectivity index (χ0v) is 11.7. The Balaban J connectivity index is 2.18. The van der Waals surface area contributed by atoms with Gasteiger partial charge in [-0.05, 0) is 59.9 Å². The van der Waals surface area contributed by atoms with Crippen LogP contribution in [-0.2, 0) is 0 Å². The number of benzene rings is 2. The summed E-state index contributed by atoms with van der Waals surface area (Å²) >= 11 is 0. The second-order valence-electron chi connectivity index (χ2n) is 5.08. The van der Waals surface area contributed by atoms with Crippen molar-refractivity contribution in [3.8, 4) is 0 Å². The lowest BCUT2D eigenvalue weighted by atomic mass is 9.90. The Morgan fingerprint density at radius 1 is 0.857 bits per heavy atom. The van der Waals surface area contributed by atoms with Crippen LogP contribution in [0.15, 0.2) is 59.1 Å². The van der Waals surface area contributed by atoms with E-state index in [1.165, 1.54) is 24.3 Å². The van der Waals surface area contributed by atoms with Crippen LogP contribution < -0.4 is 0 Å². The molecule has 1 aliphatic rings. The molecule has 3 rings (SSSR count). The molecule has 0 unspecified atom stereocenters. The van der Waals surface area contributed by atoms with Crippen LogP contribution >= 0.6 is 0 Å². The second kappa shape index (κ2) is 5.60. The van der Waals surface area contributed by atoms with Crippen LogP contribution in [-0.4, -0.2) is 12.3 Å². The molecular formula is C18H15F2N. The van der Waals surface area contributed by atoms with Gasteiger partial charge in [0.2, 0.25) is 0 Å². The summed E-state index contributed by atoms with van der Waals surface area (Å²) in [6, 6.07) is 12.8. The highest BCUT2D eigenvalue weighted by Gasteiger charge is 2.17. The first-order valence-electron chi connectivity index (χ1n) is 6.91. The number of hydrogen-bond donors (Lipinski definition) is 0. The van der Waals surface area contributed by atoms with Gasteiger partial charge in [0.15, 0.2) is 0 Å². The Labute approximate surface area is 122 Å². The Hall–Kier alpha value is -2.29. The van der Waals surface area contributed by atoms with E-state index in [4.69, 9.17) is 0 Å². The van der Waals surface area contributed by atoms with Crippen LogP contribution in [0.4, 0.5) is 8.78 Å². The summed E-state index contributed by atoms with van der Waals surface area (Å²) in [5.74, 6) is -0.530. The predicted octanol–water partition coefficient (Wildman–Crippen LogP) is 4.63. The van der Waals surface area contributed by atoms with Gasteiger partial charge < -0.3 is 0 Å². The van der Waals surface area contributed by atoms with Crippen molar-refractivity contribution in [2.24, 2.45) is 4.99 Å². The van der Waals surface area contributed by atoms with Crippen molar-refractivity contribution in [3.63, 3.8) is 0 Å². The van der Waals surface area contributed by atoms with E-state index in [2.05, 4.69) is 4.99 Å². The molecule has 3 heteroatoms. The Bertz CT molecular complexity index is 662. The molecule has 0 spiro atoms. The lowest BCUT2D eigenvalue weighted by molar-refractivity contribution is 0.627. The quantitative estimate of drug-likeness (QED) is 0.762. The van der Waals surface area contributed by atoms with Crippen molar-refractivity contribution in [3.05, 3.63) is 76.9 Å². The average molecular weight is 283 g/mol. The SMILES string of the molecule is CC1=NCCC1=C(c1ccc(F)cc1)c1ccc(F)cc1. The number of halogens is 2. The highest BCUT2D eigenvalue weighted by atomic mass is 19.1. The van der Waals surface area contributed by atoms with E-state index in [1.54, 1.807) is 24.3 Å². The molecule has 0 aliphatic carbocycles. The standard InChI is InChI=1S/C18H15F2N/c1-12-17(10-11-21-12)18(13-2-6-15(19)7-3-13)14-4-8-16(20)9-5-14/h2-9H,10-11H2,1H3. The molecule has 1 heterocycles. The topological polar surface area (TPSA) is 12.4 Å². The first-order valence-corrected chi connectivity index (χ1v) is 6.91. The molecule has 0 saturated carbocycles. The van der Waals surface area contributed by atoms with Gasteiger partial charge in [-0.15, -0.1) is 0 Å². The number of rotatable bonds is 2. The lowest BCUT2D eigenvalue weighted by Crippen LogP contribution is -1.99. The van der Waals surface area contributed by atoms with E-state index in [0.717, 1.165) is 41.0 Å². The van der Waals surface area contributed by atoms with E-state index in [1.807, 2.05) is 6.92 Å². The zero-order chi connectivity index (χ0) is 14.8. The number of nitrogens with zero attached hydrogens (tertiary/aromatic N) is 1. The smallest absolute Gasteiger partial charge is 0.123 e. The van der Waals surface area contributed by atoms with E-state index in [0.29, 0.717) is 0 Å². The first kappa shape index (κ1) is 13.7. The molecule has 0 radical (unpaired) electrons. The van der Waals surface area contributed by atoms with Crippen LogP contribution in [0.3, 0.4) is 0 Å². The fraction of sp³-hybridized carbons (Fsp3) is 0.167. The van der Waals surface area contributed by atoms with Crippen molar-refractivity contribution in [2.75, 3.05) is 6.54 Å². The van der Waals surface area contributed by atoms with Crippen LogP contribution in [0.2, 0.25) is 0 Å². The van der Waals surface area contributed by atoms with E-state index in [9.17, 15) is 8.78 Å². The average Bonchev–Trinajstić information content (AvgIpc) is 2.90. The maximum absolute atomic E-state index is 13.2. The molecular weight excluding hydrogens is 268 g/mol. The minimum Gasteiger partial charge on any atom is -0.289 e. The normalized spacial score (nSPS) is 14.2. The second-order valence-corrected chi connectivity index (χ2v) is 5.08. The molecule has 106 valence electrons. The van der Waals surface area contributed by atoms with Crippen LogP contribution in [0.25, 0.3) is 5.57 Å². The van der Waals surface area contributed by atoms with Crippen molar-refractivity contribution >= 4 is 11.3 Å². The lowest BCUT2D eigenvalue weighted by Gasteiger charge is -2.13. The van der Waals surface area contributed by atoms with Gasteiger partial charge in [0, 0.05) is 12.3 Å². The van der Waals surface area contributed by atoms with E-state index >= 15 is 0 Å². The van der Waals surface area contributed by atoms with Crippen molar-refractivity contribution in [1.29, 1.82) is 0 Å². The molecule has 0 fully saturated rings. The Morgan fingerprint density at radius 3 is 1.71 bits per heavy atom. The third-order valence-corrected chi connectivity index (χ3v) is 3.72. The fourth-order valence-electron chi connectivity index (χ4n) is 2.67. The van der Waals surface area contributed by atoms with Gasteiger partial charge in [-0.2, -0.15) is 0 Å². The van der Waals surface area contributed by atoms with Gasteiger partial charge in [-0.3, -0.25) is 4.99 Å². The monoisotopic (exact) mass is 283 g/mol. The van der Waals surface area contributed by atoms with E-state index < -0.39 is 0 Å². The Morgan fingerprint density at radius 2 is 1.33 bits per heavy atom. The minimum atomic E-state index is -0.265. The molecule has 0 bridgehead atoms. The van der Waals surface area contributed by atoms with Gasteiger partial charge in [0.05, 0.1) is 0 Å². The highest BCUT2D eigenvalue weighted by molar-refractivity contribution is 6.08. The first-order chi connectivity index (χ1) is 10.1. The largest absolute Gasteiger partial charge is 0.289 e. The van der Waals surface area contributed by atoms with Gasteiger partial charge in [0.1, 0.15) is 11.6 Å².